The number of anilines is 2. The Hall–Kier alpha value is -2.45. The van der Waals surface area contributed by atoms with Crippen LogP contribution in [0.15, 0.2) is 47.8 Å². The maximum atomic E-state index is 13.1. The van der Waals surface area contributed by atoms with Gasteiger partial charge in [0.25, 0.3) is 5.91 Å². The Kier molecular flexibility index (Phi) is 5.31. The van der Waals surface area contributed by atoms with E-state index in [1.54, 1.807) is 23.6 Å². The molecule has 6 nitrogen and oxygen atoms in total. The molecule has 1 atom stereocenters. The summed E-state index contributed by atoms with van der Waals surface area (Å²) in [6.45, 7) is 0. The lowest BCUT2D eigenvalue weighted by atomic mass is 10.00. The third-order valence-electron chi connectivity index (χ3n) is 4.25. The van der Waals surface area contributed by atoms with Crippen molar-refractivity contribution in [1.82, 2.24) is 4.98 Å². The van der Waals surface area contributed by atoms with Crippen LogP contribution in [0.3, 0.4) is 0 Å². The first-order valence-corrected chi connectivity index (χ1v) is 10.2. The van der Waals surface area contributed by atoms with Crippen LogP contribution in [0, 0.1) is 0 Å². The smallest absolute Gasteiger partial charge is 0.306 e. The van der Waals surface area contributed by atoms with Crippen LogP contribution >= 0.6 is 46.1 Å². The molecule has 1 aromatic carbocycles. The van der Waals surface area contributed by atoms with E-state index in [9.17, 15) is 14.4 Å². The van der Waals surface area contributed by atoms with Gasteiger partial charge in [-0.3, -0.25) is 9.59 Å². The number of fused-ring (bicyclic) bond motifs is 1. The number of nitrogens with zero attached hydrogens (tertiary/aromatic N) is 2. The molecule has 4 rings (SSSR count). The maximum absolute atomic E-state index is 13.1. The lowest BCUT2D eigenvalue weighted by Gasteiger charge is -2.17. The number of hydrogen-bond acceptors (Lipinski definition) is 5. The third kappa shape index (κ3) is 3.62. The topological polar surface area (TPSA) is 79.4 Å². The molecule has 0 aliphatic carbocycles. The van der Waals surface area contributed by atoms with E-state index in [-0.39, 0.29) is 27.2 Å². The second-order valence-electron chi connectivity index (χ2n) is 6.04. The summed E-state index contributed by atoms with van der Waals surface area (Å²) in [5.74, 6) is -2.41. The van der Waals surface area contributed by atoms with Crippen molar-refractivity contribution in [2.75, 3.05) is 10.2 Å². The van der Waals surface area contributed by atoms with Crippen LogP contribution in [0.25, 0.3) is 0 Å². The number of aromatic nitrogens is 1. The van der Waals surface area contributed by atoms with Crippen LogP contribution in [0.4, 0.5) is 16.2 Å². The third-order valence-corrected chi connectivity index (χ3v) is 5.89. The molecule has 0 bridgehead atoms. The second-order valence-corrected chi connectivity index (χ2v) is 8.22. The van der Waals surface area contributed by atoms with Crippen LogP contribution in [0.1, 0.15) is 21.3 Å². The number of carbonyl (C=O) groups is 3. The monoisotopic (exact) mass is 465 g/mol. The lowest BCUT2D eigenvalue weighted by Crippen LogP contribution is -2.39. The molecule has 146 valence electrons. The number of nitrogens with one attached hydrogen (secondary N) is 1. The van der Waals surface area contributed by atoms with Gasteiger partial charge < -0.3 is 5.32 Å². The number of pyridine rings is 1. The maximum Gasteiger partial charge on any atom is 0.333 e. The van der Waals surface area contributed by atoms with Gasteiger partial charge >= 0.3 is 6.03 Å². The first-order valence-electron chi connectivity index (χ1n) is 8.21. The van der Waals surface area contributed by atoms with Crippen molar-refractivity contribution in [3.63, 3.8) is 0 Å². The Bertz CT molecular complexity index is 1150. The molecule has 1 unspecified atom stereocenters. The zero-order valence-electron chi connectivity index (χ0n) is 14.4. The fraction of sp³-hybridized carbons (Fsp3) is 0.0526. The minimum Gasteiger partial charge on any atom is -0.306 e. The quantitative estimate of drug-likeness (QED) is 0.307. The summed E-state index contributed by atoms with van der Waals surface area (Å²) in [4.78, 5) is 44.3. The molecule has 3 amide bonds. The molecule has 0 fully saturated rings. The van der Waals surface area contributed by atoms with Crippen molar-refractivity contribution in [1.29, 1.82) is 0 Å². The number of rotatable bonds is 3. The molecule has 1 aliphatic rings. The van der Waals surface area contributed by atoms with Crippen LogP contribution in [-0.4, -0.2) is 22.7 Å². The van der Waals surface area contributed by atoms with Gasteiger partial charge in [0.15, 0.2) is 5.78 Å². The summed E-state index contributed by atoms with van der Waals surface area (Å²) in [7, 11) is 0. The Balaban J connectivity index is 1.72. The van der Waals surface area contributed by atoms with E-state index in [1.165, 1.54) is 35.6 Å². The highest BCUT2D eigenvalue weighted by molar-refractivity contribution is 7.12. The van der Waals surface area contributed by atoms with Crippen molar-refractivity contribution < 1.29 is 14.4 Å². The van der Waals surface area contributed by atoms with Gasteiger partial charge in [-0.05, 0) is 41.8 Å². The Morgan fingerprint density at radius 2 is 1.90 bits per heavy atom. The normalized spacial score (nSPS) is 15.3. The summed E-state index contributed by atoms with van der Waals surface area (Å²) in [5, 5.41) is 5.01. The number of thiophene rings is 1. The number of halogens is 3. The minimum atomic E-state index is -1.26. The fourth-order valence-corrected chi connectivity index (χ4v) is 4.28. The van der Waals surface area contributed by atoms with Crippen molar-refractivity contribution in [3.8, 4) is 0 Å². The zero-order chi connectivity index (χ0) is 20.7. The van der Waals surface area contributed by atoms with Gasteiger partial charge in [-0.25, -0.2) is 14.7 Å². The number of amides is 3. The van der Waals surface area contributed by atoms with Gasteiger partial charge in [-0.2, -0.15) is 0 Å². The molecule has 29 heavy (non-hydrogen) atoms. The molecule has 1 N–H and O–H groups in total. The molecule has 2 aromatic heterocycles. The number of imide groups is 1. The molecule has 1 aliphatic heterocycles. The Labute approximate surface area is 184 Å². The molecule has 10 heteroatoms. The van der Waals surface area contributed by atoms with E-state index in [1.807, 2.05) is 0 Å². The largest absolute Gasteiger partial charge is 0.333 e. The Morgan fingerprint density at radius 1 is 1.10 bits per heavy atom. The van der Waals surface area contributed by atoms with E-state index in [4.69, 9.17) is 34.8 Å². The van der Waals surface area contributed by atoms with Crippen molar-refractivity contribution in [2.45, 2.75) is 5.92 Å². The highest BCUT2D eigenvalue weighted by Crippen LogP contribution is 2.40. The van der Waals surface area contributed by atoms with E-state index in [0.29, 0.717) is 9.90 Å². The van der Waals surface area contributed by atoms with Gasteiger partial charge in [0.2, 0.25) is 0 Å². The van der Waals surface area contributed by atoms with Gasteiger partial charge in [-0.15, -0.1) is 11.3 Å². The standard InChI is InChI=1S/C19H10Cl3N3O3S/c20-9-3-4-11(10(21)8-9)23-19(28)25-12-5-6-14(22)24-16(12)15(18(25)27)17(26)13-2-1-7-29-13/h1-8,15H,(H,23,28). The number of carbonyl (C=O) groups excluding carboxylic acids is 3. The van der Waals surface area contributed by atoms with Crippen molar-refractivity contribution in [2.24, 2.45) is 0 Å². The summed E-state index contributed by atoms with van der Waals surface area (Å²) in [5.41, 5.74) is 0.598. The predicted molar refractivity (Wildman–Crippen MR) is 114 cm³/mol. The molecule has 0 spiro atoms. The van der Waals surface area contributed by atoms with Crippen LogP contribution in [0.2, 0.25) is 15.2 Å². The lowest BCUT2D eigenvalue weighted by molar-refractivity contribution is -0.117. The Morgan fingerprint density at radius 3 is 2.59 bits per heavy atom. The highest BCUT2D eigenvalue weighted by atomic mass is 35.5. The predicted octanol–water partition coefficient (Wildman–Crippen LogP) is 5.65. The highest BCUT2D eigenvalue weighted by Gasteiger charge is 2.46. The van der Waals surface area contributed by atoms with E-state index in [0.717, 1.165) is 4.90 Å². The van der Waals surface area contributed by atoms with E-state index in [2.05, 4.69) is 10.3 Å². The summed E-state index contributed by atoms with van der Waals surface area (Å²) < 4.78 is 0. The zero-order valence-corrected chi connectivity index (χ0v) is 17.4. The van der Waals surface area contributed by atoms with Crippen LogP contribution in [0.5, 0.6) is 0 Å². The molecule has 0 saturated carbocycles. The molecular formula is C19H10Cl3N3O3S. The summed E-state index contributed by atoms with van der Waals surface area (Å²) in [6.07, 6.45) is 0. The SMILES string of the molecule is O=C(c1cccs1)C1C(=O)N(C(=O)Nc2ccc(Cl)cc2Cl)c2ccc(Cl)nc21. The summed E-state index contributed by atoms with van der Waals surface area (Å²) >= 11 is 19.1. The average Bonchev–Trinajstić information content (AvgIpc) is 3.29. The van der Waals surface area contributed by atoms with E-state index < -0.39 is 23.6 Å². The van der Waals surface area contributed by atoms with Crippen LogP contribution in [-0.2, 0) is 4.79 Å². The fourth-order valence-electron chi connectivity index (χ4n) is 2.98. The van der Waals surface area contributed by atoms with E-state index >= 15 is 0 Å². The van der Waals surface area contributed by atoms with Crippen LogP contribution < -0.4 is 10.2 Å². The minimum absolute atomic E-state index is 0.114. The van der Waals surface area contributed by atoms with Gasteiger partial charge in [0.1, 0.15) is 11.1 Å². The van der Waals surface area contributed by atoms with Crippen molar-refractivity contribution >= 4 is 75.2 Å². The van der Waals surface area contributed by atoms with Gasteiger partial charge in [-0.1, -0.05) is 40.9 Å². The number of Topliss-reactive ketones (excluding diaryl/α,β-unsaturated/α-hetero) is 1. The summed E-state index contributed by atoms with van der Waals surface area (Å²) in [6, 6.07) is 9.99. The number of urea groups is 1. The average molecular weight is 467 g/mol. The molecule has 0 radical (unpaired) electrons. The molecule has 3 heterocycles. The van der Waals surface area contributed by atoms with Gasteiger partial charge in [0, 0.05) is 5.02 Å². The molecule has 3 aromatic rings. The number of benzene rings is 1. The molecule has 0 saturated heterocycles. The first-order chi connectivity index (χ1) is 13.9. The van der Waals surface area contributed by atoms with Gasteiger partial charge in [0.05, 0.1) is 27.0 Å². The molecular weight excluding hydrogens is 457 g/mol. The number of ketones is 1. The number of hydrogen-bond donors (Lipinski definition) is 1. The second kappa shape index (κ2) is 7.76. The van der Waals surface area contributed by atoms with Crippen molar-refractivity contribution in [3.05, 3.63) is 73.6 Å². The first kappa shape index (κ1) is 19.8.